The topological polar surface area (TPSA) is 79.8 Å². The standard InChI is InChI=1S/C10H13N3OS/c11-4-2-6-15(14)8-9-3-1-5-13-10(9)7-12/h1,3,5H,2,4,6,8,11H2. The van der Waals surface area contributed by atoms with Gasteiger partial charge in [0, 0.05) is 28.3 Å². The molecule has 0 aliphatic heterocycles. The molecule has 0 aliphatic carbocycles. The number of nitrogens with two attached hydrogens (primary N) is 1. The van der Waals surface area contributed by atoms with E-state index in [0.29, 0.717) is 23.7 Å². The van der Waals surface area contributed by atoms with Crippen molar-refractivity contribution in [1.29, 1.82) is 5.26 Å². The first kappa shape index (κ1) is 11.8. The zero-order chi connectivity index (χ0) is 11.1. The van der Waals surface area contributed by atoms with E-state index in [2.05, 4.69) is 4.98 Å². The largest absolute Gasteiger partial charge is 0.330 e. The highest BCUT2D eigenvalue weighted by Gasteiger charge is 2.06. The average molecular weight is 223 g/mol. The number of nitrogens with zero attached hydrogens (tertiary/aromatic N) is 2. The second-order valence-electron chi connectivity index (χ2n) is 3.05. The van der Waals surface area contributed by atoms with Gasteiger partial charge in [0.1, 0.15) is 11.8 Å². The third-order valence-corrected chi connectivity index (χ3v) is 3.27. The van der Waals surface area contributed by atoms with Gasteiger partial charge in [0.2, 0.25) is 0 Å². The maximum atomic E-state index is 11.6. The zero-order valence-electron chi connectivity index (χ0n) is 8.35. The quantitative estimate of drug-likeness (QED) is 0.790. The summed E-state index contributed by atoms with van der Waals surface area (Å²) in [4.78, 5) is 3.91. The second-order valence-corrected chi connectivity index (χ2v) is 4.63. The van der Waals surface area contributed by atoms with Crippen LogP contribution in [0, 0.1) is 11.3 Å². The lowest BCUT2D eigenvalue weighted by molar-refractivity contribution is 0.680. The van der Waals surface area contributed by atoms with E-state index in [4.69, 9.17) is 11.0 Å². The third kappa shape index (κ3) is 3.78. The van der Waals surface area contributed by atoms with Crippen LogP contribution < -0.4 is 5.73 Å². The van der Waals surface area contributed by atoms with Crippen LogP contribution in [0.4, 0.5) is 0 Å². The average Bonchev–Trinajstić information content (AvgIpc) is 2.27. The number of nitriles is 1. The van der Waals surface area contributed by atoms with Crippen LogP contribution in [0.5, 0.6) is 0 Å². The van der Waals surface area contributed by atoms with Crippen LogP contribution in [0.2, 0.25) is 0 Å². The summed E-state index contributed by atoms with van der Waals surface area (Å²) >= 11 is 0. The molecule has 0 fully saturated rings. The summed E-state index contributed by atoms with van der Waals surface area (Å²) in [7, 11) is -0.954. The molecule has 1 aromatic rings. The predicted molar refractivity (Wildman–Crippen MR) is 59.3 cm³/mol. The molecule has 0 amide bonds. The lowest BCUT2D eigenvalue weighted by Crippen LogP contribution is -2.08. The Balaban J connectivity index is 2.64. The highest BCUT2D eigenvalue weighted by atomic mass is 32.2. The van der Waals surface area contributed by atoms with E-state index in [1.165, 1.54) is 0 Å². The minimum Gasteiger partial charge on any atom is -0.330 e. The Morgan fingerprint density at radius 3 is 3.07 bits per heavy atom. The molecule has 0 saturated carbocycles. The highest BCUT2D eigenvalue weighted by Crippen LogP contribution is 2.07. The summed E-state index contributed by atoms with van der Waals surface area (Å²) in [6, 6.07) is 5.52. The second kappa shape index (κ2) is 6.27. The van der Waals surface area contributed by atoms with Crippen LogP contribution in [0.25, 0.3) is 0 Å². The van der Waals surface area contributed by atoms with E-state index < -0.39 is 10.8 Å². The van der Waals surface area contributed by atoms with Gasteiger partial charge in [0.05, 0.1) is 5.75 Å². The maximum absolute atomic E-state index is 11.6. The Kier molecular flexibility index (Phi) is 4.95. The molecule has 0 aliphatic rings. The van der Waals surface area contributed by atoms with Crippen LogP contribution in [-0.2, 0) is 16.6 Å². The molecule has 0 radical (unpaired) electrons. The van der Waals surface area contributed by atoms with E-state index >= 15 is 0 Å². The van der Waals surface area contributed by atoms with E-state index in [-0.39, 0.29) is 0 Å². The minimum absolute atomic E-state index is 0.360. The Bertz CT molecular complexity index is 386. The van der Waals surface area contributed by atoms with Gasteiger partial charge in [-0.05, 0) is 19.0 Å². The lowest BCUT2D eigenvalue weighted by atomic mass is 10.2. The van der Waals surface area contributed by atoms with Crippen LogP contribution in [0.1, 0.15) is 17.7 Å². The first-order valence-electron chi connectivity index (χ1n) is 4.67. The van der Waals surface area contributed by atoms with Crippen molar-refractivity contribution in [2.24, 2.45) is 5.73 Å². The number of hydrogen-bond donors (Lipinski definition) is 1. The van der Waals surface area contributed by atoms with Gasteiger partial charge in [-0.25, -0.2) is 4.98 Å². The van der Waals surface area contributed by atoms with Gasteiger partial charge in [-0.15, -0.1) is 0 Å². The zero-order valence-corrected chi connectivity index (χ0v) is 9.17. The Labute approximate surface area is 91.6 Å². The predicted octanol–water partition coefficient (Wildman–Crippen LogP) is 0.551. The van der Waals surface area contributed by atoms with Gasteiger partial charge >= 0.3 is 0 Å². The van der Waals surface area contributed by atoms with Crippen molar-refractivity contribution >= 4 is 10.8 Å². The molecule has 4 nitrogen and oxygen atoms in total. The molecule has 1 unspecified atom stereocenters. The van der Waals surface area contributed by atoms with Crippen molar-refractivity contribution in [1.82, 2.24) is 4.98 Å². The number of aromatic nitrogens is 1. The van der Waals surface area contributed by atoms with Gasteiger partial charge in [0.25, 0.3) is 0 Å². The molecule has 1 heterocycles. The van der Waals surface area contributed by atoms with Gasteiger partial charge in [-0.3, -0.25) is 4.21 Å². The number of hydrogen-bond acceptors (Lipinski definition) is 4. The molecule has 0 saturated heterocycles. The Morgan fingerprint density at radius 2 is 2.40 bits per heavy atom. The fraction of sp³-hybridized carbons (Fsp3) is 0.400. The molecule has 2 N–H and O–H groups in total. The van der Waals surface area contributed by atoms with Crippen LogP contribution in [-0.4, -0.2) is 21.5 Å². The lowest BCUT2D eigenvalue weighted by Gasteiger charge is -2.02. The SMILES string of the molecule is N#Cc1ncccc1CS(=O)CCCN. The van der Waals surface area contributed by atoms with Gasteiger partial charge in [-0.2, -0.15) is 5.26 Å². The summed E-state index contributed by atoms with van der Waals surface area (Å²) in [6.45, 7) is 0.546. The fourth-order valence-electron chi connectivity index (χ4n) is 1.15. The molecular formula is C10H13N3OS. The van der Waals surface area contributed by atoms with E-state index in [9.17, 15) is 4.21 Å². The van der Waals surface area contributed by atoms with Gasteiger partial charge < -0.3 is 5.73 Å². The van der Waals surface area contributed by atoms with Gasteiger partial charge in [0.15, 0.2) is 0 Å². The normalized spacial score (nSPS) is 12.0. The van der Waals surface area contributed by atoms with Crippen molar-refractivity contribution in [3.8, 4) is 6.07 Å². The Morgan fingerprint density at radius 1 is 1.60 bits per heavy atom. The number of rotatable bonds is 5. The van der Waals surface area contributed by atoms with Crippen molar-refractivity contribution in [3.63, 3.8) is 0 Å². The molecule has 15 heavy (non-hydrogen) atoms. The first-order valence-corrected chi connectivity index (χ1v) is 6.15. The van der Waals surface area contributed by atoms with Crippen molar-refractivity contribution in [3.05, 3.63) is 29.6 Å². The maximum Gasteiger partial charge on any atom is 0.144 e. The highest BCUT2D eigenvalue weighted by molar-refractivity contribution is 7.84. The first-order chi connectivity index (χ1) is 7.27. The summed E-state index contributed by atoms with van der Waals surface area (Å²) in [5.74, 6) is 0.965. The van der Waals surface area contributed by atoms with Gasteiger partial charge in [-0.1, -0.05) is 6.07 Å². The molecule has 1 rings (SSSR count). The van der Waals surface area contributed by atoms with Crippen molar-refractivity contribution in [2.75, 3.05) is 12.3 Å². The molecule has 80 valence electrons. The molecule has 0 spiro atoms. The molecule has 0 aromatic carbocycles. The smallest absolute Gasteiger partial charge is 0.144 e. The minimum atomic E-state index is -0.954. The summed E-state index contributed by atoms with van der Waals surface area (Å²) < 4.78 is 11.6. The molecular weight excluding hydrogens is 210 g/mol. The molecule has 1 atom stereocenters. The van der Waals surface area contributed by atoms with E-state index in [1.54, 1.807) is 18.3 Å². The van der Waals surface area contributed by atoms with Crippen molar-refractivity contribution < 1.29 is 4.21 Å². The summed E-state index contributed by atoms with van der Waals surface area (Å²) in [6.07, 6.45) is 2.31. The Hall–Kier alpha value is -1.25. The van der Waals surface area contributed by atoms with E-state index in [0.717, 1.165) is 12.0 Å². The van der Waals surface area contributed by atoms with E-state index in [1.807, 2.05) is 6.07 Å². The fourth-order valence-corrected chi connectivity index (χ4v) is 2.36. The third-order valence-electron chi connectivity index (χ3n) is 1.89. The summed E-state index contributed by atoms with van der Waals surface area (Å²) in [5, 5.41) is 8.78. The van der Waals surface area contributed by atoms with Crippen LogP contribution >= 0.6 is 0 Å². The summed E-state index contributed by atoms with van der Waals surface area (Å²) in [5.41, 5.74) is 6.43. The van der Waals surface area contributed by atoms with Crippen molar-refractivity contribution in [2.45, 2.75) is 12.2 Å². The van der Waals surface area contributed by atoms with Crippen LogP contribution in [0.15, 0.2) is 18.3 Å². The molecule has 0 bridgehead atoms. The number of pyridine rings is 1. The monoisotopic (exact) mass is 223 g/mol. The molecule has 1 aromatic heterocycles. The molecule has 5 heteroatoms. The van der Waals surface area contributed by atoms with Crippen LogP contribution in [0.3, 0.4) is 0 Å².